The molecule has 0 bridgehead atoms. The van der Waals surface area contributed by atoms with Gasteiger partial charge in [-0.25, -0.2) is 0 Å². The highest BCUT2D eigenvalue weighted by atomic mass is 127. The van der Waals surface area contributed by atoms with Gasteiger partial charge in [-0.2, -0.15) is 0 Å². The number of aliphatic hydroxyl groups excluding tert-OH is 1. The molecule has 37 heavy (non-hydrogen) atoms. The Morgan fingerprint density at radius 1 is 0.595 bits per heavy atom. The van der Waals surface area contributed by atoms with Crippen molar-refractivity contribution in [1.29, 1.82) is 0 Å². The van der Waals surface area contributed by atoms with Crippen LogP contribution in [-0.4, -0.2) is 90.8 Å². The van der Waals surface area contributed by atoms with Crippen LogP contribution in [0.2, 0.25) is 0 Å². The van der Waals surface area contributed by atoms with Crippen LogP contribution in [0.15, 0.2) is 0 Å². The average Bonchev–Trinajstić information content (AvgIpc) is 2.87. The minimum absolute atomic E-state index is 0.139. The van der Waals surface area contributed by atoms with Crippen LogP contribution in [0.5, 0.6) is 0 Å². The summed E-state index contributed by atoms with van der Waals surface area (Å²) in [7, 11) is 0. The minimum Gasteiger partial charge on any atom is -0.374 e. The molecule has 8 nitrogen and oxygen atoms in total. The van der Waals surface area contributed by atoms with Gasteiger partial charge in [0.1, 0.15) is 30.5 Å². The maximum absolute atomic E-state index is 11.0. The zero-order valence-corrected chi connectivity index (χ0v) is 26.1. The zero-order valence-electron chi connectivity index (χ0n) is 23.9. The van der Waals surface area contributed by atoms with Crippen molar-refractivity contribution in [2.45, 2.75) is 152 Å². The van der Waals surface area contributed by atoms with Gasteiger partial charge in [0.15, 0.2) is 12.6 Å². The molecule has 0 spiro atoms. The van der Waals surface area contributed by atoms with Crippen LogP contribution in [0.25, 0.3) is 0 Å². The third-order valence-electron chi connectivity index (χ3n) is 6.98. The van der Waals surface area contributed by atoms with Crippen molar-refractivity contribution >= 4 is 22.6 Å². The number of hydrogen-bond acceptors (Lipinski definition) is 8. The van der Waals surface area contributed by atoms with E-state index in [0.29, 0.717) is 26.4 Å². The van der Waals surface area contributed by atoms with E-state index in [-0.39, 0.29) is 34.4 Å². The second-order valence-corrected chi connectivity index (χ2v) is 11.7. The summed E-state index contributed by atoms with van der Waals surface area (Å²) in [5.74, 6) is 0. The normalized spacial score (nSPS) is 36.6. The summed E-state index contributed by atoms with van der Waals surface area (Å²) in [5, 5.41) is 11.0. The fourth-order valence-corrected chi connectivity index (χ4v) is 5.61. The molecule has 2 rings (SSSR count). The molecular formula is C28H53IO8. The Labute approximate surface area is 238 Å². The first kappa shape index (κ1) is 33.6. The Hall–Kier alpha value is 0.410. The van der Waals surface area contributed by atoms with Crippen LogP contribution in [0.3, 0.4) is 0 Å². The maximum Gasteiger partial charge on any atom is 0.184 e. The summed E-state index contributed by atoms with van der Waals surface area (Å²) in [6, 6.07) is 0. The van der Waals surface area contributed by atoms with Crippen molar-refractivity contribution in [2.75, 3.05) is 26.4 Å². The number of alkyl halides is 1. The van der Waals surface area contributed by atoms with E-state index in [1.807, 2.05) is 13.8 Å². The molecule has 10 atom stereocenters. The lowest BCUT2D eigenvalue weighted by atomic mass is 9.98. The second-order valence-electron chi connectivity index (χ2n) is 10.2. The van der Waals surface area contributed by atoms with Crippen LogP contribution in [0, 0.1) is 0 Å². The molecule has 0 radical (unpaired) electrons. The first-order valence-electron chi connectivity index (χ1n) is 14.6. The van der Waals surface area contributed by atoms with Crippen molar-refractivity contribution < 1.29 is 38.3 Å². The molecule has 2 aliphatic rings. The van der Waals surface area contributed by atoms with E-state index in [0.717, 1.165) is 51.4 Å². The van der Waals surface area contributed by atoms with Crippen molar-refractivity contribution in [3.05, 3.63) is 0 Å². The molecule has 0 aromatic carbocycles. The van der Waals surface area contributed by atoms with Crippen LogP contribution < -0.4 is 0 Å². The predicted molar refractivity (Wildman–Crippen MR) is 152 cm³/mol. The summed E-state index contributed by atoms with van der Waals surface area (Å²) in [6.45, 7) is 15.0. The van der Waals surface area contributed by atoms with E-state index in [1.165, 1.54) is 0 Å². The molecule has 0 aliphatic carbocycles. The quantitative estimate of drug-likeness (QED) is 0.121. The first-order chi connectivity index (χ1) is 17.9. The standard InChI is InChI=1S/C28H53IO8/c1-7-11-15-31-22-20(6)36-28(21(29)24(22)33-17-13-9-3)37-26-25(34-18-14-10-4)23(32-16-12-8-2)19(5)35-27(26)30/h19-28,30H,7-18H2,1-6H3/t19?,20?,21-,22-,23-,24?,25?,26?,27+,28-/m0/s1. The van der Waals surface area contributed by atoms with Crippen molar-refractivity contribution in [2.24, 2.45) is 0 Å². The fraction of sp³-hybridized carbons (Fsp3) is 1.00. The van der Waals surface area contributed by atoms with Gasteiger partial charge in [0, 0.05) is 26.4 Å². The lowest BCUT2D eigenvalue weighted by molar-refractivity contribution is -0.344. The highest BCUT2D eigenvalue weighted by Gasteiger charge is 2.51. The van der Waals surface area contributed by atoms with E-state index < -0.39 is 24.8 Å². The third-order valence-corrected chi connectivity index (χ3v) is 8.27. The monoisotopic (exact) mass is 644 g/mol. The van der Waals surface area contributed by atoms with Crippen LogP contribution in [0.4, 0.5) is 0 Å². The lowest BCUT2D eigenvalue weighted by Crippen LogP contribution is -2.63. The average molecular weight is 645 g/mol. The predicted octanol–water partition coefficient (Wildman–Crippen LogP) is 5.40. The first-order valence-corrected chi connectivity index (χ1v) is 15.9. The molecule has 5 unspecified atom stereocenters. The van der Waals surface area contributed by atoms with Gasteiger partial charge in [-0.05, 0) is 39.5 Å². The van der Waals surface area contributed by atoms with Gasteiger partial charge in [0.05, 0.1) is 16.1 Å². The van der Waals surface area contributed by atoms with E-state index in [1.54, 1.807) is 0 Å². The molecule has 0 aromatic rings. The summed E-state index contributed by atoms with van der Waals surface area (Å²) in [6.07, 6.45) is 3.82. The number of hydrogen-bond donors (Lipinski definition) is 1. The number of ether oxygens (including phenoxy) is 7. The van der Waals surface area contributed by atoms with E-state index >= 15 is 0 Å². The Bertz CT molecular complexity index is 584. The van der Waals surface area contributed by atoms with E-state index in [2.05, 4.69) is 50.3 Å². The van der Waals surface area contributed by atoms with Crippen molar-refractivity contribution in [1.82, 2.24) is 0 Å². The third kappa shape index (κ3) is 10.4. The molecule has 2 aliphatic heterocycles. The molecule has 0 amide bonds. The molecule has 0 aromatic heterocycles. The molecule has 0 saturated carbocycles. The molecule has 2 fully saturated rings. The fourth-order valence-electron chi connectivity index (χ4n) is 4.66. The minimum atomic E-state index is -1.15. The highest BCUT2D eigenvalue weighted by Crippen LogP contribution is 2.35. The molecule has 2 saturated heterocycles. The van der Waals surface area contributed by atoms with Gasteiger partial charge in [0.2, 0.25) is 0 Å². The largest absolute Gasteiger partial charge is 0.374 e. The number of aliphatic hydroxyl groups is 1. The lowest BCUT2D eigenvalue weighted by Gasteiger charge is -2.48. The van der Waals surface area contributed by atoms with Gasteiger partial charge in [-0.3, -0.25) is 0 Å². The van der Waals surface area contributed by atoms with E-state index in [4.69, 9.17) is 33.2 Å². The zero-order chi connectivity index (χ0) is 27.2. The highest BCUT2D eigenvalue weighted by molar-refractivity contribution is 14.1. The summed E-state index contributed by atoms with van der Waals surface area (Å²) in [5.41, 5.74) is 0. The summed E-state index contributed by atoms with van der Waals surface area (Å²) < 4.78 is 43.8. The Morgan fingerprint density at radius 2 is 1.00 bits per heavy atom. The van der Waals surface area contributed by atoms with Gasteiger partial charge < -0.3 is 38.3 Å². The van der Waals surface area contributed by atoms with Gasteiger partial charge in [-0.15, -0.1) is 0 Å². The Balaban J connectivity index is 2.20. The molecule has 1 N–H and O–H groups in total. The number of unbranched alkanes of at least 4 members (excludes halogenated alkanes) is 4. The van der Waals surface area contributed by atoms with Crippen LogP contribution in [-0.2, 0) is 33.2 Å². The van der Waals surface area contributed by atoms with Gasteiger partial charge in [0.25, 0.3) is 0 Å². The summed E-state index contributed by atoms with van der Waals surface area (Å²) in [4.78, 5) is 0. The van der Waals surface area contributed by atoms with Gasteiger partial charge in [-0.1, -0.05) is 76.0 Å². The summed E-state index contributed by atoms with van der Waals surface area (Å²) >= 11 is 2.35. The van der Waals surface area contributed by atoms with Gasteiger partial charge >= 0.3 is 0 Å². The molecular weight excluding hydrogens is 591 g/mol. The molecule has 220 valence electrons. The number of rotatable bonds is 18. The molecule has 9 heteroatoms. The van der Waals surface area contributed by atoms with Crippen molar-refractivity contribution in [3.8, 4) is 0 Å². The maximum atomic E-state index is 11.0. The molecule has 2 heterocycles. The van der Waals surface area contributed by atoms with E-state index in [9.17, 15) is 5.11 Å². The number of halogens is 1. The topological polar surface area (TPSA) is 84.8 Å². The second kappa shape index (κ2) is 18.7. The Morgan fingerprint density at radius 3 is 1.49 bits per heavy atom. The van der Waals surface area contributed by atoms with Crippen LogP contribution in [0.1, 0.15) is 92.9 Å². The Kier molecular flexibility index (Phi) is 17.0. The SMILES string of the molecule is CCCCOC1C(O[C@@H]2OC(C)[C@H](OCCCC)C(OCCCC)[C@@H]2I)[C@H](O)OC(C)[C@@H]1OCCCC. The van der Waals surface area contributed by atoms with Crippen molar-refractivity contribution in [3.63, 3.8) is 0 Å². The van der Waals surface area contributed by atoms with Crippen LogP contribution >= 0.6 is 22.6 Å². The smallest absolute Gasteiger partial charge is 0.184 e.